The van der Waals surface area contributed by atoms with Gasteiger partial charge < -0.3 is 14.7 Å². The Morgan fingerprint density at radius 3 is 2.83 bits per heavy atom. The lowest BCUT2D eigenvalue weighted by Gasteiger charge is -2.18. The number of nitro groups is 1. The molecule has 1 rings (SSSR count). The number of rotatable bonds is 6. The number of nitrogens with zero attached hydrogens (tertiary/aromatic N) is 3. The second-order valence-corrected chi connectivity index (χ2v) is 3.54. The van der Waals surface area contributed by atoms with Gasteiger partial charge in [0.05, 0.1) is 11.5 Å². The summed E-state index contributed by atoms with van der Waals surface area (Å²) in [5.74, 6) is -1.09. The number of carbonyl (C=O) groups is 1. The largest absolute Gasteiger partial charge is 0.478 e. The van der Waals surface area contributed by atoms with Crippen LogP contribution >= 0.6 is 0 Å². The van der Waals surface area contributed by atoms with Crippen LogP contribution in [-0.4, -0.2) is 48.3 Å². The van der Waals surface area contributed by atoms with E-state index in [0.29, 0.717) is 13.2 Å². The van der Waals surface area contributed by atoms with Crippen molar-refractivity contribution in [3.8, 4) is 0 Å². The predicted molar refractivity (Wildman–Crippen MR) is 63.0 cm³/mol. The van der Waals surface area contributed by atoms with Gasteiger partial charge in [-0.2, -0.15) is 0 Å². The summed E-state index contributed by atoms with van der Waals surface area (Å²) >= 11 is 0. The Morgan fingerprint density at radius 1 is 1.67 bits per heavy atom. The van der Waals surface area contributed by atoms with Crippen LogP contribution in [0.2, 0.25) is 0 Å². The van der Waals surface area contributed by atoms with Crippen LogP contribution in [0.5, 0.6) is 0 Å². The molecule has 0 fully saturated rings. The van der Waals surface area contributed by atoms with Gasteiger partial charge in [-0.1, -0.05) is 0 Å². The number of aromatic carboxylic acids is 1. The molecule has 1 aromatic heterocycles. The monoisotopic (exact) mass is 255 g/mol. The Labute approximate surface area is 103 Å². The van der Waals surface area contributed by atoms with Gasteiger partial charge in [-0.25, -0.2) is 9.78 Å². The smallest absolute Gasteiger partial charge is 0.339 e. The molecule has 0 aromatic carbocycles. The van der Waals surface area contributed by atoms with E-state index < -0.39 is 10.9 Å². The van der Waals surface area contributed by atoms with Gasteiger partial charge in [0, 0.05) is 26.8 Å². The molecule has 0 atom stereocenters. The van der Waals surface area contributed by atoms with E-state index in [4.69, 9.17) is 9.84 Å². The molecular weight excluding hydrogens is 242 g/mol. The van der Waals surface area contributed by atoms with Gasteiger partial charge in [0.15, 0.2) is 0 Å². The molecule has 98 valence electrons. The van der Waals surface area contributed by atoms with E-state index in [1.165, 1.54) is 7.11 Å². The molecule has 0 aliphatic rings. The number of pyridine rings is 1. The van der Waals surface area contributed by atoms with E-state index in [0.717, 1.165) is 12.3 Å². The van der Waals surface area contributed by atoms with Gasteiger partial charge in [-0.3, -0.25) is 10.1 Å². The Morgan fingerprint density at radius 2 is 2.33 bits per heavy atom. The number of carboxylic acids is 1. The van der Waals surface area contributed by atoms with Gasteiger partial charge in [0.1, 0.15) is 17.6 Å². The van der Waals surface area contributed by atoms with Crippen LogP contribution < -0.4 is 4.90 Å². The molecule has 18 heavy (non-hydrogen) atoms. The molecule has 0 saturated heterocycles. The Bertz CT molecular complexity index is 463. The fourth-order valence-electron chi connectivity index (χ4n) is 1.34. The SMILES string of the molecule is COCCN(C)c1ncc([N+](=O)[O-])cc1C(=O)O. The van der Waals surface area contributed by atoms with Crippen molar-refractivity contribution in [3.63, 3.8) is 0 Å². The molecule has 1 heterocycles. The van der Waals surface area contributed by atoms with Crippen molar-refractivity contribution in [3.05, 3.63) is 27.9 Å². The second-order valence-electron chi connectivity index (χ2n) is 3.54. The van der Waals surface area contributed by atoms with Crippen molar-refractivity contribution in [2.75, 3.05) is 32.2 Å². The summed E-state index contributed by atoms with van der Waals surface area (Å²) in [4.78, 5) is 26.3. The highest BCUT2D eigenvalue weighted by atomic mass is 16.6. The van der Waals surface area contributed by atoms with Gasteiger partial charge in [0.25, 0.3) is 5.69 Å². The van der Waals surface area contributed by atoms with Crippen LogP contribution in [-0.2, 0) is 4.74 Å². The topological polar surface area (TPSA) is 106 Å². The van der Waals surface area contributed by atoms with Crippen molar-refractivity contribution >= 4 is 17.5 Å². The van der Waals surface area contributed by atoms with Crippen LogP contribution in [0.25, 0.3) is 0 Å². The summed E-state index contributed by atoms with van der Waals surface area (Å²) < 4.78 is 4.87. The zero-order valence-electron chi connectivity index (χ0n) is 9.99. The normalized spacial score (nSPS) is 10.1. The molecule has 1 aromatic rings. The van der Waals surface area contributed by atoms with E-state index in [-0.39, 0.29) is 17.1 Å². The minimum Gasteiger partial charge on any atom is -0.478 e. The van der Waals surface area contributed by atoms with Crippen molar-refractivity contribution in [1.82, 2.24) is 4.98 Å². The third-order valence-electron chi connectivity index (χ3n) is 2.29. The van der Waals surface area contributed by atoms with Crippen molar-refractivity contribution < 1.29 is 19.6 Å². The fraction of sp³-hybridized carbons (Fsp3) is 0.400. The van der Waals surface area contributed by atoms with Gasteiger partial charge in [-0.15, -0.1) is 0 Å². The number of carboxylic acid groups (broad SMARTS) is 1. The zero-order chi connectivity index (χ0) is 13.7. The molecule has 0 amide bonds. The molecule has 0 bridgehead atoms. The zero-order valence-corrected chi connectivity index (χ0v) is 9.99. The average molecular weight is 255 g/mol. The molecule has 0 radical (unpaired) electrons. The molecule has 0 aliphatic heterocycles. The first kappa shape index (κ1) is 13.8. The van der Waals surface area contributed by atoms with Crippen LogP contribution in [0.4, 0.5) is 11.5 Å². The standard InChI is InChI=1S/C10H13N3O5/c1-12(3-4-18-2)9-8(10(14)15)5-7(6-11-9)13(16)17/h5-6H,3-4H2,1-2H3,(H,14,15). The maximum Gasteiger partial charge on any atom is 0.339 e. The minimum absolute atomic E-state index is 0.171. The van der Waals surface area contributed by atoms with Gasteiger partial charge in [-0.05, 0) is 0 Å². The average Bonchev–Trinajstić information content (AvgIpc) is 2.34. The van der Waals surface area contributed by atoms with Crippen LogP contribution in [0, 0.1) is 10.1 Å². The van der Waals surface area contributed by atoms with E-state index in [9.17, 15) is 14.9 Å². The summed E-state index contributed by atoms with van der Waals surface area (Å²) in [7, 11) is 3.16. The molecule has 0 saturated carbocycles. The maximum atomic E-state index is 11.1. The van der Waals surface area contributed by atoms with Crippen molar-refractivity contribution in [2.45, 2.75) is 0 Å². The lowest BCUT2D eigenvalue weighted by molar-refractivity contribution is -0.385. The number of ether oxygens (including phenoxy) is 1. The lowest BCUT2D eigenvalue weighted by atomic mass is 10.2. The first-order chi connectivity index (χ1) is 8.47. The number of aromatic nitrogens is 1. The summed E-state index contributed by atoms with van der Waals surface area (Å²) in [6, 6.07) is 0.994. The lowest BCUT2D eigenvalue weighted by Crippen LogP contribution is -2.25. The molecule has 8 nitrogen and oxygen atoms in total. The number of hydrogen-bond acceptors (Lipinski definition) is 6. The number of hydrogen-bond donors (Lipinski definition) is 1. The first-order valence-electron chi connectivity index (χ1n) is 5.05. The van der Waals surface area contributed by atoms with Crippen molar-refractivity contribution in [2.24, 2.45) is 0 Å². The molecular formula is C10H13N3O5. The van der Waals surface area contributed by atoms with Gasteiger partial charge in [0.2, 0.25) is 0 Å². The van der Waals surface area contributed by atoms with E-state index in [2.05, 4.69) is 4.98 Å². The number of methoxy groups -OCH3 is 1. The highest BCUT2D eigenvalue weighted by Crippen LogP contribution is 2.21. The maximum absolute atomic E-state index is 11.1. The van der Waals surface area contributed by atoms with E-state index in [1.807, 2.05) is 0 Å². The minimum atomic E-state index is -1.26. The Kier molecular flexibility index (Phi) is 4.55. The summed E-state index contributed by atoms with van der Waals surface area (Å²) in [6.07, 6.45) is 1.03. The molecule has 0 unspecified atom stereocenters. The number of anilines is 1. The fourth-order valence-corrected chi connectivity index (χ4v) is 1.34. The van der Waals surface area contributed by atoms with E-state index >= 15 is 0 Å². The van der Waals surface area contributed by atoms with Crippen LogP contribution in [0.15, 0.2) is 12.3 Å². The van der Waals surface area contributed by atoms with Crippen molar-refractivity contribution in [1.29, 1.82) is 0 Å². The van der Waals surface area contributed by atoms with Crippen LogP contribution in [0.1, 0.15) is 10.4 Å². The predicted octanol–water partition coefficient (Wildman–Crippen LogP) is 0.771. The third kappa shape index (κ3) is 3.14. The number of likely N-dealkylation sites (N-methyl/N-ethyl adjacent to an activating group) is 1. The summed E-state index contributed by atoms with van der Waals surface area (Å²) in [5.41, 5.74) is -0.556. The summed E-state index contributed by atoms with van der Waals surface area (Å²) in [6.45, 7) is 0.829. The first-order valence-corrected chi connectivity index (χ1v) is 5.05. The Hall–Kier alpha value is -2.22. The third-order valence-corrected chi connectivity index (χ3v) is 2.29. The molecule has 0 spiro atoms. The molecule has 1 N–H and O–H groups in total. The van der Waals surface area contributed by atoms with E-state index in [1.54, 1.807) is 11.9 Å². The molecule has 8 heteroatoms. The van der Waals surface area contributed by atoms with Gasteiger partial charge >= 0.3 is 5.97 Å². The highest BCUT2D eigenvalue weighted by molar-refractivity contribution is 5.94. The molecule has 0 aliphatic carbocycles. The second kappa shape index (κ2) is 5.92. The Balaban J connectivity index is 3.11. The highest BCUT2D eigenvalue weighted by Gasteiger charge is 2.19. The van der Waals surface area contributed by atoms with Crippen LogP contribution in [0.3, 0.4) is 0 Å². The quantitative estimate of drug-likeness (QED) is 0.591. The summed E-state index contributed by atoms with van der Waals surface area (Å²) in [5, 5.41) is 19.6.